The summed E-state index contributed by atoms with van der Waals surface area (Å²) >= 11 is 7.92. The van der Waals surface area contributed by atoms with E-state index in [-0.39, 0.29) is 11.7 Å². The van der Waals surface area contributed by atoms with Gasteiger partial charge in [-0.1, -0.05) is 0 Å². The van der Waals surface area contributed by atoms with E-state index in [1.54, 1.807) is 11.4 Å². The molecule has 0 unspecified atom stereocenters. The Balaban J connectivity index is 2.18. The molecule has 0 aliphatic heterocycles. The molecule has 0 spiro atoms. The van der Waals surface area contributed by atoms with Gasteiger partial charge in [-0.15, -0.1) is 11.3 Å². The summed E-state index contributed by atoms with van der Waals surface area (Å²) in [6, 6.07) is 5.85. The predicted octanol–water partition coefficient (Wildman–Crippen LogP) is 4.66. The highest BCUT2D eigenvalue weighted by Crippen LogP contribution is 2.25. The van der Waals surface area contributed by atoms with Crippen LogP contribution >= 0.6 is 43.2 Å². The van der Waals surface area contributed by atoms with Crippen molar-refractivity contribution in [1.82, 2.24) is 0 Å². The van der Waals surface area contributed by atoms with Gasteiger partial charge in [-0.3, -0.25) is 4.79 Å². The van der Waals surface area contributed by atoms with Crippen LogP contribution in [0, 0.1) is 5.82 Å². The van der Waals surface area contributed by atoms with Gasteiger partial charge in [-0.05, 0) is 56.1 Å². The van der Waals surface area contributed by atoms with E-state index >= 15 is 0 Å². The monoisotopic (exact) mass is 377 g/mol. The van der Waals surface area contributed by atoms with Gasteiger partial charge in [-0.25, -0.2) is 4.39 Å². The quantitative estimate of drug-likeness (QED) is 0.808. The normalized spacial score (nSPS) is 10.3. The number of hydrogen-bond acceptors (Lipinski definition) is 2. The number of halogens is 3. The minimum atomic E-state index is -0.354. The van der Waals surface area contributed by atoms with Crippen LogP contribution in [0.15, 0.2) is 37.9 Å². The first-order chi connectivity index (χ1) is 8.06. The van der Waals surface area contributed by atoms with Crippen LogP contribution < -0.4 is 5.32 Å². The number of anilines is 1. The molecule has 0 atom stereocenters. The van der Waals surface area contributed by atoms with Crippen LogP contribution in [0.4, 0.5) is 10.1 Å². The summed E-state index contributed by atoms with van der Waals surface area (Å²) in [5.74, 6) is -0.576. The number of hydrogen-bond donors (Lipinski definition) is 1. The lowest BCUT2D eigenvalue weighted by Crippen LogP contribution is -2.11. The molecule has 0 saturated carbocycles. The van der Waals surface area contributed by atoms with Crippen LogP contribution in [0.25, 0.3) is 0 Å². The lowest BCUT2D eigenvalue weighted by molar-refractivity contribution is 0.102. The first kappa shape index (κ1) is 12.7. The summed E-state index contributed by atoms with van der Waals surface area (Å²) in [7, 11) is 0. The maximum atomic E-state index is 12.9. The van der Waals surface area contributed by atoms with Gasteiger partial charge < -0.3 is 5.32 Å². The van der Waals surface area contributed by atoms with Gasteiger partial charge in [0.15, 0.2) is 0 Å². The summed E-state index contributed by atoms with van der Waals surface area (Å²) in [6.07, 6.45) is 0. The van der Waals surface area contributed by atoms with Crippen LogP contribution in [0.3, 0.4) is 0 Å². The average molecular weight is 379 g/mol. The summed E-state index contributed by atoms with van der Waals surface area (Å²) < 4.78 is 14.3. The van der Waals surface area contributed by atoms with E-state index in [2.05, 4.69) is 37.2 Å². The van der Waals surface area contributed by atoms with Gasteiger partial charge in [0.05, 0.1) is 15.0 Å². The number of carbonyl (C=O) groups excluding carboxylic acids is 1. The molecule has 0 bridgehead atoms. The SMILES string of the molecule is O=C(Nc1ccc(F)cc1Br)c1csc(Br)c1. The highest BCUT2D eigenvalue weighted by atomic mass is 79.9. The highest BCUT2D eigenvalue weighted by molar-refractivity contribution is 9.11. The summed E-state index contributed by atoms with van der Waals surface area (Å²) in [5.41, 5.74) is 1.11. The van der Waals surface area contributed by atoms with Crippen LogP contribution in [0.2, 0.25) is 0 Å². The Morgan fingerprint density at radius 1 is 1.29 bits per heavy atom. The Kier molecular flexibility index (Phi) is 3.96. The zero-order valence-electron chi connectivity index (χ0n) is 8.34. The number of benzene rings is 1. The maximum absolute atomic E-state index is 12.9. The molecule has 1 aromatic carbocycles. The van der Waals surface area contributed by atoms with Gasteiger partial charge in [0.1, 0.15) is 5.82 Å². The highest BCUT2D eigenvalue weighted by Gasteiger charge is 2.10. The smallest absolute Gasteiger partial charge is 0.256 e. The Labute approximate surface area is 118 Å². The van der Waals surface area contributed by atoms with Gasteiger partial charge in [0.2, 0.25) is 0 Å². The molecule has 17 heavy (non-hydrogen) atoms. The summed E-state index contributed by atoms with van der Waals surface area (Å²) in [6.45, 7) is 0. The third-order valence-corrected chi connectivity index (χ3v) is 4.17. The minimum absolute atomic E-state index is 0.223. The van der Waals surface area contributed by atoms with Gasteiger partial charge in [0.25, 0.3) is 5.91 Å². The van der Waals surface area contributed by atoms with Crippen LogP contribution in [0.1, 0.15) is 10.4 Å². The molecule has 1 heterocycles. The molecule has 2 rings (SSSR count). The molecule has 0 saturated heterocycles. The van der Waals surface area contributed by atoms with Crippen LogP contribution in [-0.2, 0) is 0 Å². The zero-order chi connectivity index (χ0) is 12.4. The molecular formula is C11H6Br2FNOS. The molecule has 2 aromatic rings. The molecule has 1 aromatic heterocycles. The largest absolute Gasteiger partial charge is 0.321 e. The number of nitrogens with one attached hydrogen (secondary N) is 1. The van der Waals surface area contributed by atoms with Crippen molar-refractivity contribution in [2.24, 2.45) is 0 Å². The Hall–Kier alpha value is -0.720. The maximum Gasteiger partial charge on any atom is 0.256 e. The van der Waals surface area contributed by atoms with Crippen molar-refractivity contribution in [3.05, 3.63) is 49.3 Å². The second-order valence-corrected chi connectivity index (χ2v) is 6.36. The molecular weight excluding hydrogens is 373 g/mol. The topological polar surface area (TPSA) is 29.1 Å². The lowest BCUT2D eigenvalue weighted by atomic mass is 10.2. The minimum Gasteiger partial charge on any atom is -0.321 e. The Morgan fingerprint density at radius 3 is 2.65 bits per heavy atom. The van der Waals surface area contributed by atoms with E-state index in [0.717, 1.165) is 3.79 Å². The Bertz CT molecular complexity index is 570. The third kappa shape index (κ3) is 3.14. The lowest BCUT2D eigenvalue weighted by Gasteiger charge is -2.06. The second-order valence-electron chi connectivity index (χ2n) is 3.22. The molecule has 0 aliphatic rings. The van der Waals surface area contributed by atoms with Crippen LogP contribution in [-0.4, -0.2) is 5.91 Å². The fraction of sp³-hybridized carbons (Fsp3) is 0. The van der Waals surface area contributed by atoms with E-state index < -0.39 is 0 Å². The van der Waals surface area contributed by atoms with Crippen molar-refractivity contribution in [1.29, 1.82) is 0 Å². The van der Waals surface area contributed by atoms with E-state index in [9.17, 15) is 9.18 Å². The first-order valence-electron chi connectivity index (χ1n) is 4.56. The van der Waals surface area contributed by atoms with Crippen molar-refractivity contribution >= 4 is 54.8 Å². The van der Waals surface area contributed by atoms with Gasteiger partial charge >= 0.3 is 0 Å². The number of rotatable bonds is 2. The molecule has 1 amide bonds. The predicted molar refractivity (Wildman–Crippen MR) is 74.1 cm³/mol. The molecule has 0 aliphatic carbocycles. The molecule has 88 valence electrons. The van der Waals surface area contributed by atoms with Gasteiger partial charge in [0, 0.05) is 9.85 Å². The van der Waals surface area contributed by atoms with Crippen LogP contribution in [0.5, 0.6) is 0 Å². The molecule has 0 radical (unpaired) electrons. The molecule has 6 heteroatoms. The number of carbonyl (C=O) groups is 1. The van der Waals surface area contributed by atoms with E-state index in [1.165, 1.54) is 29.5 Å². The zero-order valence-corrected chi connectivity index (χ0v) is 12.3. The van der Waals surface area contributed by atoms with E-state index in [1.807, 2.05) is 0 Å². The van der Waals surface area contributed by atoms with Crippen molar-refractivity contribution < 1.29 is 9.18 Å². The van der Waals surface area contributed by atoms with Crippen molar-refractivity contribution in [2.75, 3.05) is 5.32 Å². The van der Waals surface area contributed by atoms with Crippen molar-refractivity contribution in [3.8, 4) is 0 Å². The standard InChI is InChI=1S/C11H6Br2FNOS/c12-8-4-7(14)1-2-9(8)15-11(16)6-3-10(13)17-5-6/h1-5H,(H,15,16). The number of amides is 1. The summed E-state index contributed by atoms with van der Waals surface area (Å²) in [5, 5.41) is 4.45. The van der Waals surface area contributed by atoms with Crippen molar-refractivity contribution in [2.45, 2.75) is 0 Å². The average Bonchev–Trinajstić information content (AvgIpc) is 2.69. The first-order valence-corrected chi connectivity index (χ1v) is 7.03. The molecule has 2 nitrogen and oxygen atoms in total. The third-order valence-electron chi connectivity index (χ3n) is 2.01. The van der Waals surface area contributed by atoms with E-state index in [0.29, 0.717) is 15.7 Å². The van der Waals surface area contributed by atoms with Gasteiger partial charge in [-0.2, -0.15) is 0 Å². The second kappa shape index (κ2) is 5.29. The molecule has 1 N–H and O–H groups in total. The fourth-order valence-electron chi connectivity index (χ4n) is 1.21. The Morgan fingerprint density at radius 2 is 2.06 bits per heavy atom. The number of thiophene rings is 1. The van der Waals surface area contributed by atoms with Crippen molar-refractivity contribution in [3.63, 3.8) is 0 Å². The van der Waals surface area contributed by atoms with E-state index in [4.69, 9.17) is 0 Å². The molecule has 0 fully saturated rings. The summed E-state index contributed by atoms with van der Waals surface area (Å²) in [4.78, 5) is 11.8. The fourth-order valence-corrected chi connectivity index (χ4v) is 2.80.